The van der Waals surface area contributed by atoms with Crippen LogP contribution in [-0.4, -0.2) is 16.7 Å². The molecule has 0 atom stereocenters. The number of aryl methyl sites for hydroxylation is 2. The summed E-state index contributed by atoms with van der Waals surface area (Å²) in [6, 6.07) is 11.2. The van der Waals surface area contributed by atoms with E-state index in [1.807, 2.05) is 30.5 Å². The maximum absolute atomic E-state index is 13.0. The Kier molecular flexibility index (Phi) is 4.52. The minimum Gasteiger partial charge on any atom is -0.406 e. The molecule has 0 fully saturated rings. The van der Waals surface area contributed by atoms with Crippen molar-refractivity contribution in [2.24, 2.45) is 0 Å². The van der Waals surface area contributed by atoms with E-state index >= 15 is 0 Å². The summed E-state index contributed by atoms with van der Waals surface area (Å²) in [6.07, 6.45) is -4.78. The molecular weight excluding hydrogens is 343 g/mol. The number of halogens is 3. The number of ketones is 1. The van der Waals surface area contributed by atoms with E-state index in [9.17, 15) is 18.0 Å². The first-order valence-corrected chi connectivity index (χ1v) is 8.21. The van der Waals surface area contributed by atoms with Crippen molar-refractivity contribution in [2.45, 2.75) is 33.7 Å². The first kappa shape index (κ1) is 18.0. The number of hydrogen-bond donors (Lipinski definition) is 0. The van der Waals surface area contributed by atoms with E-state index in [2.05, 4.69) is 4.74 Å². The normalized spacial score (nSPS) is 11.8. The lowest BCUT2D eigenvalue weighted by atomic mass is 9.99. The summed E-state index contributed by atoms with van der Waals surface area (Å²) in [7, 11) is 0. The second-order valence-corrected chi connectivity index (χ2v) is 6.13. The molecule has 0 spiro atoms. The molecule has 2 aromatic carbocycles. The van der Waals surface area contributed by atoms with Gasteiger partial charge in [-0.25, -0.2) is 0 Å². The van der Waals surface area contributed by atoms with Crippen LogP contribution in [-0.2, 0) is 6.54 Å². The zero-order valence-corrected chi connectivity index (χ0v) is 14.6. The van der Waals surface area contributed by atoms with Gasteiger partial charge >= 0.3 is 6.36 Å². The predicted molar refractivity (Wildman–Crippen MR) is 93.6 cm³/mol. The largest absolute Gasteiger partial charge is 0.573 e. The molecule has 3 rings (SSSR count). The SMILES string of the molecule is CCn1c(C)c(C(=O)c2ccc(C)cc2)c2cc(OC(F)(F)F)ccc21. The van der Waals surface area contributed by atoms with Crippen molar-refractivity contribution in [1.29, 1.82) is 0 Å². The average Bonchev–Trinajstić information content (AvgIpc) is 2.84. The Labute approximate surface area is 149 Å². The van der Waals surface area contributed by atoms with Crippen molar-refractivity contribution in [1.82, 2.24) is 4.57 Å². The van der Waals surface area contributed by atoms with Crippen molar-refractivity contribution < 1.29 is 22.7 Å². The van der Waals surface area contributed by atoms with Gasteiger partial charge in [0.2, 0.25) is 0 Å². The molecule has 0 aliphatic rings. The molecular formula is C20H18F3NO2. The van der Waals surface area contributed by atoms with Crippen molar-refractivity contribution in [3.8, 4) is 5.75 Å². The van der Waals surface area contributed by atoms with Crippen LogP contribution in [0.25, 0.3) is 10.9 Å². The third-order valence-corrected chi connectivity index (χ3v) is 4.39. The lowest BCUT2D eigenvalue weighted by Gasteiger charge is -2.09. The van der Waals surface area contributed by atoms with Gasteiger partial charge in [0.05, 0.1) is 5.56 Å². The highest BCUT2D eigenvalue weighted by Crippen LogP contribution is 2.33. The highest BCUT2D eigenvalue weighted by Gasteiger charge is 2.31. The number of hydrogen-bond acceptors (Lipinski definition) is 2. The topological polar surface area (TPSA) is 31.2 Å². The van der Waals surface area contributed by atoms with Gasteiger partial charge in [0.15, 0.2) is 5.78 Å². The second-order valence-electron chi connectivity index (χ2n) is 6.13. The van der Waals surface area contributed by atoms with Gasteiger partial charge in [0.1, 0.15) is 5.75 Å². The fourth-order valence-corrected chi connectivity index (χ4v) is 3.20. The van der Waals surface area contributed by atoms with Crippen molar-refractivity contribution >= 4 is 16.7 Å². The van der Waals surface area contributed by atoms with Gasteiger partial charge in [-0.05, 0) is 39.0 Å². The third kappa shape index (κ3) is 3.31. The number of ether oxygens (including phenoxy) is 1. The van der Waals surface area contributed by atoms with Gasteiger partial charge in [0, 0.05) is 28.7 Å². The van der Waals surface area contributed by atoms with Crippen LogP contribution in [0.1, 0.15) is 34.1 Å². The van der Waals surface area contributed by atoms with Crippen LogP contribution >= 0.6 is 0 Å². The number of fused-ring (bicyclic) bond motifs is 1. The van der Waals surface area contributed by atoms with E-state index in [1.165, 1.54) is 12.1 Å². The third-order valence-electron chi connectivity index (χ3n) is 4.39. The zero-order valence-electron chi connectivity index (χ0n) is 14.6. The Hall–Kier alpha value is -2.76. The lowest BCUT2D eigenvalue weighted by Crippen LogP contribution is -2.17. The van der Waals surface area contributed by atoms with Gasteiger partial charge in [-0.3, -0.25) is 4.79 Å². The summed E-state index contributed by atoms with van der Waals surface area (Å²) in [4.78, 5) is 13.0. The number of benzene rings is 2. The van der Waals surface area contributed by atoms with Crippen LogP contribution in [0, 0.1) is 13.8 Å². The molecule has 1 aromatic heterocycles. The summed E-state index contributed by atoms with van der Waals surface area (Å²) in [6.45, 7) is 6.24. The lowest BCUT2D eigenvalue weighted by molar-refractivity contribution is -0.274. The molecule has 0 unspecified atom stereocenters. The van der Waals surface area contributed by atoms with Gasteiger partial charge < -0.3 is 9.30 Å². The Balaban J connectivity index is 2.19. The highest BCUT2D eigenvalue weighted by molar-refractivity contribution is 6.17. The predicted octanol–water partition coefficient (Wildman–Crippen LogP) is 5.41. The minimum absolute atomic E-state index is 0.219. The first-order valence-electron chi connectivity index (χ1n) is 8.21. The number of aromatic nitrogens is 1. The van der Waals surface area contributed by atoms with E-state index in [1.54, 1.807) is 25.1 Å². The monoisotopic (exact) mass is 361 g/mol. The van der Waals surface area contributed by atoms with E-state index in [0.717, 1.165) is 11.3 Å². The van der Waals surface area contributed by atoms with E-state index in [-0.39, 0.29) is 11.5 Å². The Bertz CT molecular complexity index is 969. The molecule has 0 aliphatic heterocycles. The minimum atomic E-state index is -4.78. The fourth-order valence-electron chi connectivity index (χ4n) is 3.20. The van der Waals surface area contributed by atoms with Crippen LogP contribution in [0.4, 0.5) is 13.2 Å². The molecule has 26 heavy (non-hydrogen) atoms. The van der Waals surface area contributed by atoms with Crippen LogP contribution < -0.4 is 4.74 Å². The highest BCUT2D eigenvalue weighted by atomic mass is 19.4. The number of carbonyl (C=O) groups excluding carboxylic acids is 1. The molecule has 6 heteroatoms. The molecule has 0 N–H and O–H groups in total. The second kappa shape index (κ2) is 6.52. The van der Waals surface area contributed by atoms with Crippen LogP contribution in [0.2, 0.25) is 0 Å². The Morgan fingerprint density at radius 1 is 1.08 bits per heavy atom. The van der Waals surface area contributed by atoms with Crippen LogP contribution in [0.15, 0.2) is 42.5 Å². The van der Waals surface area contributed by atoms with Gasteiger partial charge in [-0.15, -0.1) is 13.2 Å². The number of nitrogens with zero attached hydrogens (tertiary/aromatic N) is 1. The molecule has 0 amide bonds. The van der Waals surface area contributed by atoms with Crippen molar-refractivity contribution in [3.63, 3.8) is 0 Å². The van der Waals surface area contributed by atoms with Crippen molar-refractivity contribution in [2.75, 3.05) is 0 Å². The van der Waals surface area contributed by atoms with E-state index in [4.69, 9.17) is 0 Å². The summed E-state index contributed by atoms with van der Waals surface area (Å²) in [5, 5.41) is 0.455. The van der Waals surface area contributed by atoms with Crippen LogP contribution in [0.5, 0.6) is 5.75 Å². The molecule has 1 heterocycles. The smallest absolute Gasteiger partial charge is 0.406 e. The summed E-state index contributed by atoms with van der Waals surface area (Å²) >= 11 is 0. The van der Waals surface area contributed by atoms with E-state index < -0.39 is 6.36 Å². The number of alkyl halides is 3. The summed E-state index contributed by atoms with van der Waals surface area (Å²) in [5.41, 5.74) is 3.34. The maximum atomic E-state index is 13.0. The Morgan fingerprint density at radius 3 is 2.31 bits per heavy atom. The fraction of sp³-hybridized carbons (Fsp3) is 0.250. The molecule has 3 aromatic rings. The Morgan fingerprint density at radius 2 is 1.73 bits per heavy atom. The zero-order chi connectivity index (χ0) is 19.1. The van der Waals surface area contributed by atoms with E-state index in [0.29, 0.717) is 28.6 Å². The standard InChI is InChI=1S/C20H18F3NO2/c1-4-24-13(3)18(19(25)14-7-5-12(2)6-8-14)16-11-15(9-10-17(16)24)26-20(21,22)23/h5-11H,4H2,1-3H3. The molecule has 3 nitrogen and oxygen atoms in total. The van der Waals surface area contributed by atoms with Crippen molar-refractivity contribution in [3.05, 3.63) is 64.8 Å². The quantitative estimate of drug-likeness (QED) is 0.582. The number of carbonyl (C=O) groups is 1. The van der Waals surface area contributed by atoms with Crippen LogP contribution in [0.3, 0.4) is 0 Å². The first-order chi connectivity index (χ1) is 12.2. The molecule has 0 saturated heterocycles. The average molecular weight is 361 g/mol. The number of rotatable bonds is 4. The molecule has 136 valence electrons. The van der Waals surface area contributed by atoms with Gasteiger partial charge in [-0.1, -0.05) is 29.8 Å². The molecule has 0 bridgehead atoms. The van der Waals surface area contributed by atoms with Gasteiger partial charge in [0.25, 0.3) is 0 Å². The maximum Gasteiger partial charge on any atom is 0.573 e. The molecule has 0 saturated carbocycles. The summed E-state index contributed by atoms with van der Waals surface area (Å²) in [5.74, 6) is -0.555. The van der Waals surface area contributed by atoms with Gasteiger partial charge in [-0.2, -0.15) is 0 Å². The summed E-state index contributed by atoms with van der Waals surface area (Å²) < 4.78 is 43.6. The molecule has 0 aliphatic carbocycles. The molecule has 0 radical (unpaired) electrons.